The van der Waals surface area contributed by atoms with Crippen LogP contribution < -0.4 is 5.73 Å². The van der Waals surface area contributed by atoms with Gasteiger partial charge in [0.05, 0.1) is 0 Å². The second kappa shape index (κ2) is 6.05. The van der Waals surface area contributed by atoms with Crippen LogP contribution in [0.1, 0.15) is 58.8 Å². The molecule has 3 nitrogen and oxygen atoms in total. The average molecular weight is 252 g/mol. The normalized spacial score (nSPS) is 37.6. The fourth-order valence-corrected chi connectivity index (χ4v) is 3.47. The van der Waals surface area contributed by atoms with Crippen molar-refractivity contribution in [2.45, 2.75) is 70.9 Å². The SMILES string of the molecule is CC1CCC(C)N(C(=O)CC2CCCCC2N)C1. The Morgan fingerprint density at radius 2 is 1.89 bits per heavy atom. The van der Waals surface area contributed by atoms with Crippen LogP contribution in [0.5, 0.6) is 0 Å². The number of piperidine rings is 1. The van der Waals surface area contributed by atoms with Gasteiger partial charge >= 0.3 is 0 Å². The fourth-order valence-electron chi connectivity index (χ4n) is 3.47. The van der Waals surface area contributed by atoms with Gasteiger partial charge in [-0.25, -0.2) is 0 Å². The highest BCUT2D eigenvalue weighted by molar-refractivity contribution is 5.77. The molecule has 0 radical (unpaired) electrons. The van der Waals surface area contributed by atoms with E-state index in [2.05, 4.69) is 18.7 Å². The minimum atomic E-state index is 0.250. The van der Waals surface area contributed by atoms with Crippen LogP contribution in [0.15, 0.2) is 0 Å². The third-order valence-corrected chi connectivity index (χ3v) is 4.84. The lowest BCUT2D eigenvalue weighted by Gasteiger charge is -2.38. The summed E-state index contributed by atoms with van der Waals surface area (Å²) in [6, 6.07) is 0.675. The van der Waals surface area contributed by atoms with Gasteiger partial charge in [0.1, 0.15) is 0 Å². The Kier molecular flexibility index (Phi) is 4.66. The molecular formula is C15H28N2O. The van der Waals surface area contributed by atoms with Crippen molar-refractivity contribution in [1.82, 2.24) is 4.90 Å². The van der Waals surface area contributed by atoms with Gasteiger partial charge < -0.3 is 10.6 Å². The van der Waals surface area contributed by atoms with Gasteiger partial charge in [0.25, 0.3) is 0 Å². The van der Waals surface area contributed by atoms with E-state index in [1.165, 1.54) is 19.3 Å². The highest BCUT2D eigenvalue weighted by atomic mass is 16.2. The summed E-state index contributed by atoms with van der Waals surface area (Å²) in [7, 11) is 0. The first-order valence-corrected chi connectivity index (χ1v) is 7.63. The van der Waals surface area contributed by atoms with E-state index >= 15 is 0 Å². The molecule has 2 fully saturated rings. The molecule has 2 N–H and O–H groups in total. The Balaban J connectivity index is 1.89. The number of nitrogens with zero attached hydrogens (tertiary/aromatic N) is 1. The quantitative estimate of drug-likeness (QED) is 0.821. The summed E-state index contributed by atoms with van der Waals surface area (Å²) >= 11 is 0. The molecule has 1 heterocycles. The molecule has 0 spiro atoms. The van der Waals surface area contributed by atoms with E-state index in [0.717, 1.165) is 25.8 Å². The highest BCUT2D eigenvalue weighted by Gasteiger charge is 2.30. The molecule has 4 atom stereocenters. The van der Waals surface area contributed by atoms with E-state index in [1.54, 1.807) is 0 Å². The molecule has 104 valence electrons. The lowest BCUT2D eigenvalue weighted by Crippen LogP contribution is -2.46. The number of carbonyl (C=O) groups is 1. The molecular weight excluding hydrogens is 224 g/mol. The van der Waals surface area contributed by atoms with Gasteiger partial charge in [0.15, 0.2) is 0 Å². The van der Waals surface area contributed by atoms with Crippen molar-refractivity contribution in [2.75, 3.05) is 6.54 Å². The number of likely N-dealkylation sites (tertiary alicyclic amines) is 1. The zero-order chi connectivity index (χ0) is 13.1. The zero-order valence-corrected chi connectivity index (χ0v) is 11.9. The van der Waals surface area contributed by atoms with Crippen LogP contribution in [0, 0.1) is 11.8 Å². The lowest BCUT2D eigenvalue weighted by atomic mass is 9.82. The van der Waals surface area contributed by atoms with Gasteiger partial charge in [-0.2, -0.15) is 0 Å². The monoisotopic (exact) mass is 252 g/mol. The maximum Gasteiger partial charge on any atom is 0.223 e. The van der Waals surface area contributed by atoms with Gasteiger partial charge in [-0.15, -0.1) is 0 Å². The van der Waals surface area contributed by atoms with Gasteiger partial charge in [-0.3, -0.25) is 4.79 Å². The smallest absolute Gasteiger partial charge is 0.223 e. The van der Waals surface area contributed by atoms with Crippen molar-refractivity contribution in [3.63, 3.8) is 0 Å². The van der Waals surface area contributed by atoms with E-state index in [0.29, 0.717) is 30.2 Å². The Labute approximate surface area is 111 Å². The number of rotatable bonds is 2. The Hall–Kier alpha value is -0.570. The van der Waals surface area contributed by atoms with Gasteiger partial charge in [-0.05, 0) is 44.4 Å². The van der Waals surface area contributed by atoms with E-state index < -0.39 is 0 Å². The third-order valence-electron chi connectivity index (χ3n) is 4.84. The second-order valence-corrected chi connectivity index (χ2v) is 6.49. The standard InChI is InChI=1S/C15H28N2O/c1-11-7-8-12(2)17(10-11)15(18)9-13-5-3-4-6-14(13)16/h11-14H,3-10,16H2,1-2H3. The minimum absolute atomic E-state index is 0.250. The molecule has 1 aliphatic heterocycles. The first-order chi connectivity index (χ1) is 8.58. The van der Waals surface area contributed by atoms with Crippen molar-refractivity contribution < 1.29 is 4.79 Å². The van der Waals surface area contributed by atoms with E-state index in [-0.39, 0.29) is 6.04 Å². The average Bonchev–Trinajstić information content (AvgIpc) is 2.35. The van der Waals surface area contributed by atoms with E-state index in [4.69, 9.17) is 5.73 Å². The Morgan fingerprint density at radius 3 is 2.61 bits per heavy atom. The number of hydrogen-bond acceptors (Lipinski definition) is 2. The van der Waals surface area contributed by atoms with Crippen LogP contribution in [-0.4, -0.2) is 29.4 Å². The number of carbonyl (C=O) groups excluding carboxylic acids is 1. The molecule has 0 aromatic rings. The fraction of sp³-hybridized carbons (Fsp3) is 0.933. The topological polar surface area (TPSA) is 46.3 Å². The summed E-state index contributed by atoms with van der Waals surface area (Å²) in [6.07, 6.45) is 7.82. The summed E-state index contributed by atoms with van der Waals surface area (Å²) in [5, 5.41) is 0. The van der Waals surface area contributed by atoms with Crippen LogP contribution in [0.25, 0.3) is 0 Å². The van der Waals surface area contributed by atoms with E-state index in [9.17, 15) is 4.79 Å². The van der Waals surface area contributed by atoms with Gasteiger partial charge in [0, 0.05) is 25.0 Å². The van der Waals surface area contributed by atoms with Crippen molar-refractivity contribution in [3.05, 3.63) is 0 Å². The van der Waals surface area contributed by atoms with Crippen molar-refractivity contribution in [3.8, 4) is 0 Å². The molecule has 1 saturated heterocycles. The zero-order valence-electron chi connectivity index (χ0n) is 11.9. The predicted octanol–water partition coefficient (Wildman–Crippen LogP) is 2.54. The summed E-state index contributed by atoms with van der Waals surface area (Å²) in [4.78, 5) is 14.5. The van der Waals surface area contributed by atoms with Crippen LogP contribution in [0.3, 0.4) is 0 Å². The van der Waals surface area contributed by atoms with Crippen LogP contribution >= 0.6 is 0 Å². The molecule has 0 bridgehead atoms. The number of hydrogen-bond donors (Lipinski definition) is 1. The highest BCUT2D eigenvalue weighted by Crippen LogP contribution is 2.28. The summed E-state index contributed by atoms with van der Waals surface area (Å²) < 4.78 is 0. The Morgan fingerprint density at radius 1 is 1.17 bits per heavy atom. The van der Waals surface area contributed by atoms with Crippen LogP contribution in [0.2, 0.25) is 0 Å². The molecule has 3 heteroatoms. The molecule has 4 unspecified atom stereocenters. The van der Waals surface area contributed by atoms with Crippen molar-refractivity contribution in [1.29, 1.82) is 0 Å². The molecule has 1 aliphatic carbocycles. The molecule has 2 aliphatic rings. The van der Waals surface area contributed by atoms with Gasteiger partial charge in [-0.1, -0.05) is 19.8 Å². The Bertz CT molecular complexity index is 292. The molecule has 1 saturated carbocycles. The number of amides is 1. The number of nitrogens with two attached hydrogens (primary N) is 1. The molecule has 1 amide bonds. The van der Waals surface area contributed by atoms with Crippen molar-refractivity contribution >= 4 is 5.91 Å². The van der Waals surface area contributed by atoms with E-state index in [1.807, 2.05) is 0 Å². The largest absolute Gasteiger partial charge is 0.340 e. The molecule has 0 aromatic heterocycles. The first kappa shape index (κ1) is 13.9. The maximum atomic E-state index is 12.4. The van der Waals surface area contributed by atoms with Crippen LogP contribution in [-0.2, 0) is 4.79 Å². The summed E-state index contributed by atoms with van der Waals surface area (Å²) in [6.45, 7) is 5.38. The first-order valence-electron chi connectivity index (χ1n) is 7.63. The third kappa shape index (κ3) is 3.25. The van der Waals surface area contributed by atoms with Crippen LogP contribution in [0.4, 0.5) is 0 Å². The predicted molar refractivity (Wildman–Crippen MR) is 74.1 cm³/mol. The molecule has 0 aromatic carbocycles. The van der Waals surface area contributed by atoms with Gasteiger partial charge in [0.2, 0.25) is 5.91 Å². The second-order valence-electron chi connectivity index (χ2n) is 6.49. The lowest BCUT2D eigenvalue weighted by molar-refractivity contribution is -0.136. The summed E-state index contributed by atoms with van der Waals surface area (Å²) in [5.74, 6) is 1.43. The molecule has 2 rings (SSSR count). The maximum absolute atomic E-state index is 12.4. The summed E-state index contributed by atoms with van der Waals surface area (Å²) in [5.41, 5.74) is 6.15. The minimum Gasteiger partial charge on any atom is -0.340 e. The van der Waals surface area contributed by atoms with Crippen molar-refractivity contribution in [2.24, 2.45) is 17.6 Å². The molecule has 18 heavy (non-hydrogen) atoms.